The van der Waals surface area contributed by atoms with Gasteiger partial charge in [0.1, 0.15) is 5.94 Å². The molecule has 0 radical (unpaired) electrons. The van der Waals surface area contributed by atoms with E-state index < -0.39 is 5.97 Å². The Morgan fingerprint density at radius 2 is 2.12 bits per heavy atom. The molecule has 0 atom stereocenters. The van der Waals surface area contributed by atoms with Crippen molar-refractivity contribution in [3.8, 4) is 0 Å². The Kier molecular flexibility index (Phi) is 8.49. The Morgan fingerprint density at radius 1 is 1.44 bits per heavy atom. The fourth-order valence-corrected chi connectivity index (χ4v) is 1.40. The van der Waals surface area contributed by atoms with E-state index in [1.54, 1.807) is 18.9 Å². The van der Waals surface area contributed by atoms with Crippen LogP contribution in [0, 0.1) is 0 Å². The van der Waals surface area contributed by atoms with Crippen LogP contribution in [-0.4, -0.2) is 18.5 Å². The largest absolute Gasteiger partial charge is 0.462 e. The van der Waals surface area contributed by atoms with Gasteiger partial charge in [-0.15, -0.1) is 0 Å². The van der Waals surface area contributed by atoms with E-state index in [-0.39, 0.29) is 12.2 Å². The van der Waals surface area contributed by atoms with Crippen LogP contribution in [0.25, 0.3) is 0 Å². The first kappa shape index (κ1) is 14.9. The van der Waals surface area contributed by atoms with Crippen LogP contribution in [0.1, 0.15) is 26.7 Å². The average molecular weight is 287 g/mol. The van der Waals surface area contributed by atoms with Gasteiger partial charge in [-0.05, 0) is 19.4 Å². The second-order valence-corrected chi connectivity index (χ2v) is 3.88. The number of unbranched alkanes of at least 4 members (excludes halogenated alkanes) is 1. The molecule has 0 aliphatic heterocycles. The second kappa shape index (κ2) is 9.13. The van der Waals surface area contributed by atoms with Crippen LogP contribution in [0.5, 0.6) is 0 Å². The SMILES string of the molecule is CCC/C=C(Br)/C=C(\C=C=O)C(=O)OCC. The van der Waals surface area contributed by atoms with Gasteiger partial charge >= 0.3 is 5.97 Å². The highest BCUT2D eigenvalue weighted by molar-refractivity contribution is 9.11. The number of esters is 1. The molecule has 0 N–H and O–H groups in total. The summed E-state index contributed by atoms with van der Waals surface area (Å²) in [5.41, 5.74) is 0.191. The van der Waals surface area contributed by atoms with Gasteiger partial charge in [0.25, 0.3) is 0 Å². The van der Waals surface area contributed by atoms with E-state index >= 15 is 0 Å². The number of hydrogen-bond donors (Lipinski definition) is 0. The fraction of sp³-hybridized carbons (Fsp3) is 0.417. The summed E-state index contributed by atoms with van der Waals surface area (Å²) in [4.78, 5) is 21.6. The summed E-state index contributed by atoms with van der Waals surface area (Å²) in [6, 6.07) is 0. The lowest BCUT2D eigenvalue weighted by molar-refractivity contribution is -0.138. The predicted octanol–water partition coefficient (Wildman–Crippen LogP) is 2.94. The maximum Gasteiger partial charge on any atom is 0.338 e. The van der Waals surface area contributed by atoms with Crippen molar-refractivity contribution in [1.29, 1.82) is 0 Å². The monoisotopic (exact) mass is 286 g/mol. The van der Waals surface area contributed by atoms with Gasteiger partial charge in [-0.25, -0.2) is 9.59 Å². The average Bonchev–Trinajstić information content (AvgIpc) is 2.26. The third-order valence-corrected chi connectivity index (χ3v) is 2.20. The highest BCUT2D eigenvalue weighted by Gasteiger charge is 2.07. The first-order valence-corrected chi connectivity index (χ1v) is 5.90. The molecular formula is C12H15BrO3. The van der Waals surface area contributed by atoms with Crippen molar-refractivity contribution in [1.82, 2.24) is 0 Å². The van der Waals surface area contributed by atoms with Crippen molar-refractivity contribution in [3.05, 3.63) is 28.3 Å². The molecule has 0 heterocycles. The molecule has 3 nitrogen and oxygen atoms in total. The number of carbonyl (C=O) groups excluding carboxylic acids is 2. The molecule has 0 amide bonds. The summed E-state index contributed by atoms with van der Waals surface area (Å²) in [6.07, 6.45) is 6.47. The third kappa shape index (κ3) is 6.38. The molecule has 0 saturated carbocycles. The molecule has 0 bridgehead atoms. The topological polar surface area (TPSA) is 43.4 Å². The second-order valence-electron chi connectivity index (χ2n) is 2.96. The van der Waals surface area contributed by atoms with Crippen molar-refractivity contribution in [2.45, 2.75) is 26.7 Å². The minimum absolute atomic E-state index is 0.191. The van der Waals surface area contributed by atoms with Crippen LogP contribution in [0.2, 0.25) is 0 Å². The zero-order valence-corrected chi connectivity index (χ0v) is 11.0. The lowest BCUT2D eigenvalue weighted by Gasteiger charge is -2.01. The molecule has 0 aromatic carbocycles. The lowest BCUT2D eigenvalue weighted by atomic mass is 10.2. The lowest BCUT2D eigenvalue weighted by Crippen LogP contribution is -2.06. The molecule has 0 unspecified atom stereocenters. The van der Waals surface area contributed by atoms with Crippen molar-refractivity contribution in [3.63, 3.8) is 0 Å². The van der Waals surface area contributed by atoms with Gasteiger partial charge in [-0.3, -0.25) is 0 Å². The minimum Gasteiger partial charge on any atom is -0.462 e. The first-order valence-electron chi connectivity index (χ1n) is 5.11. The number of halogens is 1. The van der Waals surface area contributed by atoms with Crippen LogP contribution in [0.3, 0.4) is 0 Å². The van der Waals surface area contributed by atoms with Crippen molar-refractivity contribution in [2.24, 2.45) is 0 Å². The molecule has 0 rings (SSSR count). The van der Waals surface area contributed by atoms with Crippen LogP contribution in [0.4, 0.5) is 0 Å². The summed E-state index contributed by atoms with van der Waals surface area (Å²) in [5.74, 6) is 1.06. The van der Waals surface area contributed by atoms with Gasteiger partial charge in [0.2, 0.25) is 0 Å². The van der Waals surface area contributed by atoms with E-state index in [0.717, 1.165) is 23.4 Å². The van der Waals surface area contributed by atoms with Crippen LogP contribution < -0.4 is 0 Å². The summed E-state index contributed by atoms with van der Waals surface area (Å²) in [7, 11) is 0. The highest BCUT2D eigenvalue weighted by Crippen LogP contribution is 2.13. The molecule has 0 aromatic rings. The zero-order valence-electron chi connectivity index (χ0n) is 9.46. The van der Waals surface area contributed by atoms with Crippen molar-refractivity contribution in [2.75, 3.05) is 6.61 Å². The number of rotatable bonds is 6. The van der Waals surface area contributed by atoms with Gasteiger partial charge in [-0.2, -0.15) is 0 Å². The Hall–Kier alpha value is -1.12. The molecule has 0 aliphatic rings. The highest BCUT2D eigenvalue weighted by atomic mass is 79.9. The van der Waals surface area contributed by atoms with E-state index in [9.17, 15) is 9.59 Å². The summed E-state index contributed by atoms with van der Waals surface area (Å²) < 4.78 is 5.55. The van der Waals surface area contributed by atoms with E-state index in [0.29, 0.717) is 0 Å². The van der Waals surface area contributed by atoms with Crippen molar-refractivity contribution < 1.29 is 14.3 Å². The fourth-order valence-electron chi connectivity index (χ4n) is 0.927. The van der Waals surface area contributed by atoms with Crippen LogP contribution in [0.15, 0.2) is 28.3 Å². The van der Waals surface area contributed by atoms with Crippen LogP contribution >= 0.6 is 15.9 Å². The first-order chi connectivity index (χ1) is 7.65. The van der Waals surface area contributed by atoms with E-state index in [2.05, 4.69) is 22.9 Å². The van der Waals surface area contributed by atoms with Gasteiger partial charge in [0.15, 0.2) is 0 Å². The summed E-state index contributed by atoms with van der Waals surface area (Å²) in [6.45, 7) is 4.04. The molecule has 16 heavy (non-hydrogen) atoms. The molecule has 0 fully saturated rings. The summed E-state index contributed by atoms with van der Waals surface area (Å²) in [5, 5.41) is 0. The normalized spacial score (nSPS) is 11.9. The smallest absolute Gasteiger partial charge is 0.338 e. The van der Waals surface area contributed by atoms with Gasteiger partial charge in [-0.1, -0.05) is 35.4 Å². The van der Waals surface area contributed by atoms with Gasteiger partial charge in [0, 0.05) is 10.6 Å². The number of hydrogen-bond acceptors (Lipinski definition) is 3. The van der Waals surface area contributed by atoms with Crippen LogP contribution in [-0.2, 0) is 14.3 Å². The Bertz CT molecular complexity index is 336. The molecular weight excluding hydrogens is 272 g/mol. The van der Waals surface area contributed by atoms with E-state index in [1.807, 2.05) is 6.08 Å². The Labute approximate surface area is 104 Å². The van der Waals surface area contributed by atoms with E-state index in [4.69, 9.17) is 4.74 Å². The standard InChI is InChI=1S/C12H15BrO3/c1-3-5-6-11(13)9-10(7-8-14)12(15)16-4-2/h6-7,9H,3-5H2,1-2H3/b10-9+,11-6-. The molecule has 0 aromatic heterocycles. The molecule has 88 valence electrons. The van der Waals surface area contributed by atoms with Gasteiger partial charge < -0.3 is 4.74 Å². The maximum atomic E-state index is 11.4. The van der Waals surface area contributed by atoms with E-state index in [1.165, 1.54) is 0 Å². The molecule has 0 aliphatic carbocycles. The molecule has 0 saturated heterocycles. The number of allylic oxidation sites excluding steroid dienone is 3. The van der Waals surface area contributed by atoms with Crippen molar-refractivity contribution >= 4 is 27.8 Å². The zero-order chi connectivity index (χ0) is 12.4. The Balaban J connectivity index is 4.83. The number of ether oxygens (including phenoxy) is 1. The third-order valence-electron chi connectivity index (χ3n) is 1.65. The minimum atomic E-state index is -0.521. The molecule has 0 spiro atoms. The number of carbonyl (C=O) groups is 1. The maximum absolute atomic E-state index is 11.4. The van der Waals surface area contributed by atoms with Gasteiger partial charge in [0.05, 0.1) is 12.2 Å². The Morgan fingerprint density at radius 3 is 2.62 bits per heavy atom. The quantitative estimate of drug-likeness (QED) is 0.326. The predicted molar refractivity (Wildman–Crippen MR) is 66.9 cm³/mol. The summed E-state index contributed by atoms with van der Waals surface area (Å²) >= 11 is 3.30. The molecule has 4 heteroatoms.